The normalized spacial score (nSPS) is 17.7. The molecule has 0 saturated carbocycles. The first-order chi connectivity index (χ1) is 9.81. The third kappa shape index (κ3) is 3.18. The second-order valence-corrected chi connectivity index (χ2v) is 6.19. The van der Waals surface area contributed by atoms with E-state index < -0.39 is 6.09 Å². The molecule has 114 valence electrons. The van der Waals surface area contributed by atoms with Crippen LogP contribution in [-0.2, 0) is 9.53 Å². The van der Waals surface area contributed by atoms with Crippen LogP contribution in [-0.4, -0.2) is 35.7 Å². The lowest BCUT2D eigenvalue weighted by molar-refractivity contribution is -0.117. The fourth-order valence-corrected chi connectivity index (χ4v) is 2.68. The van der Waals surface area contributed by atoms with Crippen molar-refractivity contribution in [2.24, 2.45) is 0 Å². The van der Waals surface area contributed by atoms with E-state index in [0.29, 0.717) is 18.1 Å². The Morgan fingerprint density at radius 2 is 2.14 bits per heavy atom. The van der Waals surface area contributed by atoms with E-state index in [-0.39, 0.29) is 18.1 Å². The van der Waals surface area contributed by atoms with Gasteiger partial charge in [-0.05, 0) is 42.8 Å². The predicted molar refractivity (Wildman–Crippen MR) is 83.5 cm³/mol. The van der Waals surface area contributed by atoms with Crippen LogP contribution < -0.4 is 9.80 Å². The number of carbonyl (C=O) groups excluding carboxylic acids is 2. The van der Waals surface area contributed by atoms with Crippen molar-refractivity contribution in [2.75, 3.05) is 16.3 Å². The number of nitrogens with zero attached hydrogens (tertiary/aromatic N) is 3. The lowest BCUT2D eigenvalue weighted by Crippen LogP contribution is -2.52. The number of carbonyl (C=O) groups is 2. The Bertz CT molecular complexity index is 577. The highest BCUT2D eigenvalue weighted by molar-refractivity contribution is 9.10. The maximum absolute atomic E-state index is 12.3. The zero-order valence-electron chi connectivity index (χ0n) is 12.5. The molecule has 7 heteroatoms. The van der Waals surface area contributed by atoms with Crippen molar-refractivity contribution in [3.8, 4) is 0 Å². The van der Waals surface area contributed by atoms with Gasteiger partial charge in [0.15, 0.2) is 5.82 Å². The summed E-state index contributed by atoms with van der Waals surface area (Å²) in [6.45, 7) is 7.34. The number of aromatic nitrogens is 1. The van der Waals surface area contributed by atoms with E-state index in [1.54, 1.807) is 31.0 Å². The minimum absolute atomic E-state index is 0.101. The van der Waals surface area contributed by atoms with Crippen LogP contribution in [0.2, 0.25) is 0 Å². The van der Waals surface area contributed by atoms with Gasteiger partial charge in [-0.25, -0.2) is 9.78 Å². The highest BCUT2D eigenvalue weighted by Crippen LogP contribution is 2.36. The molecule has 2 heterocycles. The van der Waals surface area contributed by atoms with Crippen LogP contribution in [0.15, 0.2) is 16.7 Å². The predicted octanol–water partition coefficient (Wildman–Crippen LogP) is 2.95. The summed E-state index contributed by atoms with van der Waals surface area (Å²) in [5.41, 5.74) is 0.573. The quantitative estimate of drug-likeness (QED) is 0.776. The molecule has 0 N–H and O–H groups in total. The van der Waals surface area contributed by atoms with Gasteiger partial charge < -0.3 is 4.74 Å². The van der Waals surface area contributed by atoms with Crippen LogP contribution in [0.3, 0.4) is 0 Å². The second kappa shape index (κ2) is 6.01. The van der Waals surface area contributed by atoms with E-state index >= 15 is 0 Å². The molecule has 0 bridgehead atoms. The Labute approximate surface area is 132 Å². The van der Waals surface area contributed by atoms with E-state index in [9.17, 15) is 9.59 Å². The van der Waals surface area contributed by atoms with E-state index in [0.717, 1.165) is 4.47 Å². The van der Waals surface area contributed by atoms with Gasteiger partial charge in [0.2, 0.25) is 5.91 Å². The fraction of sp³-hybridized carbons (Fsp3) is 0.500. The summed E-state index contributed by atoms with van der Waals surface area (Å²) in [6.07, 6.45) is 0.974. The minimum Gasteiger partial charge on any atom is -0.446 e. The van der Waals surface area contributed by atoms with Crippen LogP contribution in [0.4, 0.5) is 16.3 Å². The van der Waals surface area contributed by atoms with E-state index in [1.807, 2.05) is 6.92 Å². The lowest BCUT2D eigenvalue weighted by atomic mass is 10.1. The molecule has 0 saturated heterocycles. The third-order valence-electron chi connectivity index (χ3n) is 3.12. The number of hydrogen-bond acceptors (Lipinski definition) is 4. The molecule has 6 nitrogen and oxygen atoms in total. The molecule has 0 spiro atoms. The fourth-order valence-electron chi connectivity index (χ4n) is 2.36. The first-order valence-corrected chi connectivity index (χ1v) is 7.54. The summed E-state index contributed by atoms with van der Waals surface area (Å²) < 4.78 is 6.01. The Morgan fingerprint density at radius 3 is 2.71 bits per heavy atom. The zero-order valence-corrected chi connectivity index (χ0v) is 14.0. The van der Waals surface area contributed by atoms with Crippen molar-refractivity contribution in [2.45, 2.75) is 39.8 Å². The first-order valence-electron chi connectivity index (χ1n) is 6.74. The highest BCUT2D eigenvalue weighted by Gasteiger charge is 2.35. The van der Waals surface area contributed by atoms with Gasteiger partial charge in [-0.2, -0.15) is 0 Å². The smallest absolute Gasteiger partial charge is 0.414 e. The minimum atomic E-state index is -0.429. The van der Waals surface area contributed by atoms with Gasteiger partial charge in [-0.15, -0.1) is 0 Å². The highest BCUT2D eigenvalue weighted by atomic mass is 79.9. The van der Waals surface area contributed by atoms with Gasteiger partial charge in [0.1, 0.15) is 0 Å². The number of rotatable bonds is 1. The number of hydrogen-bond donors (Lipinski definition) is 0. The molecule has 2 amide bonds. The monoisotopic (exact) mass is 355 g/mol. The summed E-state index contributed by atoms with van der Waals surface area (Å²) in [6, 6.07) is 1.61. The van der Waals surface area contributed by atoms with Crippen molar-refractivity contribution in [3.63, 3.8) is 0 Å². The van der Waals surface area contributed by atoms with Crippen molar-refractivity contribution >= 4 is 39.4 Å². The Kier molecular flexibility index (Phi) is 4.51. The van der Waals surface area contributed by atoms with E-state index in [2.05, 4.69) is 20.9 Å². The van der Waals surface area contributed by atoms with E-state index in [4.69, 9.17) is 4.74 Å². The number of anilines is 2. The molecule has 2 rings (SSSR count). The molecule has 1 atom stereocenters. The molecule has 21 heavy (non-hydrogen) atoms. The topological polar surface area (TPSA) is 62.7 Å². The molecular weight excluding hydrogens is 338 g/mol. The summed E-state index contributed by atoms with van der Waals surface area (Å²) in [5, 5.41) is 0. The maximum atomic E-state index is 12.3. The van der Waals surface area contributed by atoms with Gasteiger partial charge in [0.25, 0.3) is 0 Å². The number of fused-ring (bicyclic) bond motifs is 1. The van der Waals surface area contributed by atoms with Crippen molar-refractivity contribution in [1.82, 2.24) is 4.98 Å². The summed E-state index contributed by atoms with van der Waals surface area (Å²) >= 11 is 3.35. The summed E-state index contributed by atoms with van der Waals surface area (Å²) in [5.74, 6) is 0.376. The first kappa shape index (κ1) is 15.8. The molecule has 1 aromatic heterocycles. The molecule has 1 aromatic rings. The van der Waals surface area contributed by atoms with Crippen LogP contribution in [0.5, 0.6) is 0 Å². The summed E-state index contributed by atoms with van der Waals surface area (Å²) in [4.78, 5) is 31.5. The largest absolute Gasteiger partial charge is 0.446 e. The van der Waals surface area contributed by atoms with Crippen LogP contribution >= 0.6 is 15.9 Å². The Morgan fingerprint density at radius 1 is 1.48 bits per heavy atom. The molecule has 0 aromatic carbocycles. The Balaban J connectivity index is 2.47. The van der Waals surface area contributed by atoms with Gasteiger partial charge >= 0.3 is 6.09 Å². The van der Waals surface area contributed by atoms with Crippen LogP contribution in [0.1, 0.15) is 27.7 Å². The van der Waals surface area contributed by atoms with Gasteiger partial charge in [-0.3, -0.25) is 14.6 Å². The third-order valence-corrected chi connectivity index (χ3v) is 3.55. The average molecular weight is 356 g/mol. The van der Waals surface area contributed by atoms with Crippen molar-refractivity contribution in [3.05, 3.63) is 16.7 Å². The molecule has 1 aliphatic heterocycles. The molecule has 0 fully saturated rings. The number of ether oxygens (including phenoxy) is 1. The van der Waals surface area contributed by atoms with Gasteiger partial charge in [0, 0.05) is 17.6 Å². The standard InChI is InChI=1S/C14H18BrN3O3/c1-8(2)21-14(20)17-7-9(3)18(10(4)19)13-12(17)5-11(15)6-16-13/h5-6,8-9H,7H2,1-4H3/t9-/m0/s1. The Hall–Kier alpha value is -1.63. The molecule has 0 radical (unpaired) electrons. The van der Waals surface area contributed by atoms with Crippen LogP contribution in [0.25, 0.3) is 0 Å². The molecule has 0 unspecified atom stereocenters. The zero-order chi connectivity index (χ0) is 15.7. The van der Waals surface area contributed by atoms with Crippen LogP contribution in [0, 0.1) is 0 Å². The molecule has 1 aliphatic rings. The van der Waals surface area contributed by atoms with Crippen molar-refractivity contribution < 1.29 is 14.3 Å². The molecular formula is C14H18BrN3O3. The number of halogens is 1. The average Bonchev–Trinajstić information content (AvgIpc) is 2.36. The van der Waals surface area contributed by atoms with Gasteiger partial charge in [0.05, 0.1) is 24.4 Å². The van der Waals surface area contributed by atoms with Gasteiger partial charge in [-0.1, -0.05) is 0 Å². The van der Waals surface area contributed by atoms with E-state index in [1.165, 1.54) is 11.8 Å². The maximum Gasteiger partial charge on any atom is 0.414 e. The summed E-state index contributed by atoms with van der Waals surface area (Å²) in [7, 11) is 0. The van der Waals surface area contributed by atoms with Crippen molar-refractivity contribution in [1.29, 1.82) is 0 Å². The number of amides is 2. The SMILES string of the molecule is CC(=O)N1c2ncc(Br)cc2N(C(=O)OC(C)C)C[C@@H]1C. The lowest BCUT2D eigenvalue weighted by Gasteiger charge is -2.39. The second-order valence-electron chi connectivity index (χ2n) is 5.28. The number of pyridine rings is 1. The molecule has 0 aliphatic carbocycles.